The van der Waals surface area contributed by atoms with E-state index in [1.807, 2.05) is 0 Å². The maximum Gasteiger partial charge on any atom is 0.173 e. The van der Waals surface area contributed by atoms with Crippen molar-refractivity contribution in [1.82, 2.24) is 19.6 Å². The van der Waals surface area contributed by atoms with Crippen molar-refractivity contribution in [2.75, 3.05) is 79.0 Å². The Morgan fingerprint density at radius 3 is 1.57 bits per heavy atom. The van der Waals surface area contributed by atoms with Gasteiger partial charge in [0.25, 0.3) is 0 Å². The molecule has 21 heavy (non-hydrogen) atoms. The molecule has 3 saturated heterocycles. The van der Waals surface area contributed by atoms with Crippen LogP contribution in [0.2, 0.25) is 0 Å². The van der Waals surface area contributed by atoms with Crippen LogP contribution in [0.15, 0.2) is 0 Å². The fourth-order valence-corrected chi connectivity index (χ4v) is 3.37. The predicted octanol–water partition coefficient (Wildman–Crippen LogP) is -0.142. The van der Waals surface area contributed by atoms with E-state index in [1.165, 1.54) is 6.42 Å². The van der Waals surface area contributed by atoms with Crippen molar-refractivity contribution in [2.45, 2.75) is 6.42 Å². The fourth-order valence-electron chi connectivity index (χ4n) is 3.07. The van der Waals surface area contributed by atoms with Crippen molar-refractivity contribution in [3.63, 3.8) is 0 Å². The number of nitrogens with zero attached hydrogens (tertiary/aromatic N) is 4. The van der Waals surface area contributed by atoms with Gasteiger partial charge in [-0.05, 0) is 18.6 Å². The molecule has 0 bridgehead atoms. The van der Waals surface area contributed by atoms with E-state index in [1.54, 1.807) is 0 Å². The molecule has 0 saturated carbocycles. The minimum absolute atomic E-state index is 0.845. The normalized spacial score (nSPS) is 26.4. The zero-order valence-electron chi connectivity index (χ0n) is 12.7. The molecule has 0 aromatic heterocycles. The van der Waals surface area contributed by atoms with Crippen LogP contribution in [-0.4, -0.2) is 104 Å². The Bertz CT molecular complexity index is 316. The Kier molecular flexibility index (Phi) is 5.65. The molecule has 0 atom stereocenters. The molecule has 3 aliphatic heterocycles. The molecule has 7 heteroatoms. The van der Waals surface area contributed by atoms with Crippen molar-refractivity contribution in [3.8, 4) is 0 Å². The molecule has 3 fully saturated rings. The van der Waals surface area contributed by atoms with E-state index in [2.05, 4.69) is 19.6 Å². The molecule has 120 valence electrons. The monoisotopic (exact) mass is 314 g/mol. The van der Waals surface area contributed by atoms with Crippen LogP contribution in [0.25, 0.3) is 0 Å². The molecule has 0 aromatic carbocycles. The van der Waals surface area contributed by atoms with Crippen molar-refractivity contribution in [2.24, 2.45) is 0 Å². The lowest BCUT2D eigenvalue weighted by Gasteiger charge is -2.43. The standard InChI is InChI=1S/C14H26N4O2S/c21-14-17(12-15-4-8-19-9-5-15)2-1-3-18(14)13-16-6-10-20-11-7-16/h1-13H2. The average Bonchev–Trinajstić information content (AvgIpc) is 2.53. The van der Waals surface area contributed by atoms with Gasteiger partial charge in [0.1, 0.15) is 0 Å². The van der Waals surface area contributed by atoms with Crippen molar-refractivity contribution in [1.29, 1.82) is 0 Å². The first kappa shape index (κ1) is 15.4. The highest BCUT2D eigenvalue weighted by molar-refractivity contribution is 7.80. The number of rotatable bonds is 4. The summed E-state index contributed by atoms with van der Waals surface area (Å²) in [5.74, 6) is 0. The highest BCUT2D eigenvalue weighted by atomic mass is 32.1. The van der Waals surface area contributed by atoms with Gasteiger partial charge < -0.3 is 19.3 Å². The molecule has 0 aromatic rings. The first-order valence-corrected chi connectivity index (χ1v) is 8.38. The number of hydrogen-bond donors (Lipinski definition) is 0. The second-order valence-electron chi connectivity index (χ2n) is 5.91. The summed E-state index contributed by atoms with van der Waals surface area (Å²) < 4.78 is 10.8. The lowest BCUT2D eigenvalue weighted by molar-refractivity contribution is 0.00692. The topological polar surface area (TPSA) is 31.4 Å². The highest BCUT2D eigenvalue weighted by Crippen LogP contribution is 2.12. The summed E-state index contributed by atoms with van der Waals surface area (Å²) in [4.78, 5) is 9.58. The number of thiocarbonyl (C=S) groups is 1. The highest BCUT2D eigenvalue weighted by Gasteiger charge is 2.26. The molecule has 0 amide bonds. The minimum Gasteiger partial charge on any atom is -0.379 e. The second kappa shape index (κ2) is 7.69. The van der Waals surface area contributed by atoms with E-state index >= 15 is 0 Å². The number of morpholine rings is 2. The lowest BCUT2D eigenvalue weighted by Crippen LogP contribution is -2.56. The van der Waals surface area contributed by atoms with Gasteiger partial charge in [0, 0.05) is 39.3 Å². The van der Waals surface area contributed by atoms with Crippen LogP contribution in [-0.2, 0) is 9.47 Å². The van der Waals surface area contributed by atoms with Crippen molar-refractivity contribution in [3.05, 3.63) is 0 Å². The van der Waals surface area contributed by atoms with Crippen molar-refractivity contribution < 1.29 is 9.47 Å². The Balaban J connectivity index is 1.50. The lowest BCUT2D eigenvalue weighted by atomic mass is 10.3. The maximum absolute atomic E-state index is 5.72. The van der Waals surface area contributed by atoms with E-state index in [0.29, 0.717) is 0 Å². The number of ether oxygens (including phenoxy) is 2. The molecule has 3 heterocycles. The van der Waals surface area contributed by atoms with Crippen molar-refractivity contribution >= 4 is 17.3 Å². The molecule has 0 aliphatic carbocycles. The molecule has 0 radical (unpaired) electrons. The summed E-state index contributed by atoms with van der Waals surface area (Å²) in [5.41, 5.74) is 0. The molecule has 0 spiro atoms. The van der Waals surface area contributed by atoms with Crippen LogP contribution in [0, 0.1) is 0 Å². The van der Waals surface area contributed by atoms with E-state index in [0.717, 1.165) is 84.1 Å². The Morgan fingerprint density at radius 2 is 1.14 bits per heavy atom. The van der Waals surface area contributed by atoms with Crippen LogP contribution in [0.4, 0.5) is 0 Å². The van der Waals surface area contributed by atoms with Crippen LogP contribution in [0.5, 0.6) is 0 Å². The van der Waals surface area contributed by atoms with E-state index in [-0.39, 0.29) is 0 Å². The maximum atomic E-state index is 5.72. The minimum atomic E-state index is 0.845. The second-order valence-corrected chi connectivity index (χ2v) is 6.27. The Hall–Kier alpha value is -0.470. The van der Waals surface area contributed by atoms with Crippen LogP contribution < -0.4 is 0 Å². The van der Waals surface area contributed by atoms with E-state index in [4.69, 9.17) is 21.7 Å². The van der Waals surface area contributed by atoms with Gasteiger partial charge >= 0.3 is 0 Å². The molecular formula is C14H26N4O2S. The van der Waals surface area contributed by atoms with Gasteiger partial charge in [0.05, 0.1) is 39.8 Å². The summed E-state index contributed by atoms with van der Waals surface area (Å²) in [6.45, 7) is 11.5. The first-order valence-electron chi connectivity index (χ1n) is 7.97. The third-order valence-electron chi connectivity index (χ3n) is 4.35. The van der Waals surface area contributed by atoms with Gasteiger partial charge in [-0.15, -0.1) is 0 Å². The zero-order valence-corrected chi connectivity index (χ0v) is 13.5. The molecular weight excluding hydrogens is 288 g/mol. The third kappa shape index (κ3) is 4.26. The number of hydrogen-bond acceptors (Lipinski definition) is 5. The molecule has 3 rings (SSSR count). The predicted molar refractivity (Wildman–Crippen MR) is 85.1 cm³/mol. The summed E-state index contributed by atoms with van der Waals surface area (Å²) in [5, 5.41) is 1.01. The van der Waals surface area contributed by atoms with Gasteiger partial charge in [-0.25, -0.2) is 0 Å². The van der Waals surface area contributed by atoms with E-state index in [9.17, 15) is 0 Å². The zero-order chi connectivity index (χ0) is 14.5. The summed E-state index contributed by atoms with van der Waals surface area (Å²) in [7, 11) is 0. The molecule has 0 unspecified atom stereocenters. The summed E-state index contributed by atoms with van der Waals surface area (Å²) >= 11 is 5.72. The molecule has 6 nitrogen and oxygen atoms in total. The van der Waals surface area contributed by atoms with Gasteiger partial charge in [0.15, 0.2) is 5.11 Å². The largest absolute Gasteiger partial charge is 0.379 e. The first-order chi connectivity index (χ1) is 10.3. The fraction of sp³-hybridized carbons (Fsp3) is 0.929. The van der Waals surface area contributed by atoms with Gasteiger partial charge in [-0.3, -0.25) is 9.80 Å². The Labute approximate surface area is 132 Å². The molecule has 0 N–H and O–H groups in total. The summed E-state index contributed by atoms with van der Waals surface area (Å²) in [6, 6.07) is 0. The van der Waals surface area contributed by atoms with Gasteiger partial charge in [-0.1, -0.05) is 0 Å². The third-order valence-corrected chi connectivity index (χ3v) is 4.86. The Morgan fingerprint density at radius 1 is 0.714 bits per heavy atom. The van der Waals surface area contributed by atoms with E-state index < -0.39 is 0 Å². The van der Waals surface area contributed by atoms with Gasteiger partial charge in [-0.2, -0.15) is 0 Å². The van der Waals surface area contributed by atoms with Crippen LogP contribution >= 0.6 is 12.2 Å². The molecule has 3 aliphatic rings. The van der Waals surface area contributed by atoms with Crippen LogP contribution in [0.3, 0.4) is 0 Å². The quantitative estimate of drug-likeness (QED) is 0.668. The van der Waals surface area contributed by atoms with Crippen LogP contribution in [0.1, 0.15) is 6.42 Å². The smallest absolute Gasteiger partial charge is 0.173 e. The van der Waals surface area contributed by atoms with Gasteiger partial charge in [0.2, 0.25) is 0 Å². The SMILES string of the molecule is S=C1N(CN2CCOCC2)CCCN1CN1CCOCC1. The summed E-state index contributed by atoms with van der Waals surface area (Å²) in [6.07, 6.45) is 1.19. The average molecular weight is 314 g/mol.